The van der Waals surface area contributed by atoms with Crippen LogP contribution < -0.4 is 11.1 Å². The van der Waals surface area contributed by atoms with Crippen LogP contribution in [0.5, 0.6) is 0 Å². The largest absolute Gasteiger partial charge is 0.356 e. The normalized spacial score (nSPS) is 31.1. The van der Waals surface area contributed by atoms with Crippen LogP contribution >= 0.6 is 0 Å². The molecule has 0 aromatic heterocycles. The van der Waals surface area contributed by atoms with Gasteiger partial charge in [-0.25, -0.2) is 0 Å². The molecule has 1 aliphatic heterocycles. The number of likely N-dealkylation sites (tertiary alicyclic amines) is 1. The molecular formula is C16H31N3O. The summed E-state index contributed by atoms with van der Waals surface area (Å²) >= 11 is 0. The van der Waals surface area contributed by atoms with Gasteiger partial charge in [-0.2, -0.15) is 0 Å². The van der Waals surface area contributed by atoms with Crippen LogP contribution in [0.25, 0.3) is 0 Å². The van der Waals surface area contributed by atoms with Crippen molar-refractivity contribution in [3.63, 3.8) is 0 Å². The Kier molecular flexibility index (Phi) is 5.85. The van der Waals surface area contributed by atoms with Gasteiger partial charge in [-0.15, -0.1) is 0 Å². The SMILES string of the molecule is CC(C)CN1CCC(CNC(=O)C[C@@H]2CCC[C@H]2N)C1. The van der Waals surface area contributed by atoms with E-state index in [0.29, 0.717) is 18.3 Å². The fourth-order valence-electron chi connectivity index (χ4n) is 3.65. The Bertz CT molecular complexity index is 319. The van der Waals surface area contributed by atoms with Crippen molar-refractivity contribution in [1.82, 2.24) is 10.2 Å². The van der Waals surface area contributed by atoms with Gasteiger partial charge >= 0.3 is 0 Å². The first-order chi connectivity index (χ1) is 9.54. The molecule has 116 valence electrons. The van der Waals surface area contributed by atoms with E-state index in [1.54, 1.807) is 0 Å². The lowest BCUT2D eigenvalue weighted by atomic mass is 9.99. The van der Waals surface area contributed by atoms with Crippen molar-refractivity contribution < 1.29 is 4.79 Å². The van der Waals surface area contributed by atoms with E-state index >= 15 is 0 Å². The van der Waals surface area contributed by atoms with Gasteiger partial charge in [-0.3, -0.25) is 4.79 Å². The number of amides is 1. The highest BCUT2D eigenvalue weighted by Crippen LogP contribution is 2.26. The number of nitrogens with two attached hydrogens (primary N) is 1. The van der Waals surface area contributed by atoms with Gasteiger partial charge in [-0.1, -0.05) is 20.3 Å². The van der Waals surface area contributed by atoms with Gasteiger partial charge in [0.25, 0.3) is 0 Å². The zero-order valence-electron chi connectivity index (χ0n) is 13.1. The van der Waals surface area contributed by atoms with Crippen molar-refractivity contribution in [3.8, 4) is 0 Å². The second-order valence-corrected chi connectivity index (χ2v) is 7.17. The molecule has 0 aromatic rings. The Morgan fingerprint density at radius 3 is 2.80 bits per heavy atom. The van der Waals surface area contributed by atoms with E-state index in [1.807, 2.05) is 0 Å². The molecule has 2 aliphatic rings. The first-order valence-electron chi connectivity index (χ1n) is 8.29. The molecule has 1 saturated carbocycles. The monoisotopic (exact) mass is 281 g/mol. The summed E-state index contributed by atoms with van der Waals surface area (Å²) in [6, 6.07) is 0.244. The van der Waals surface area contributed by atoms with Crippen LogP contribution in [0.3, 0.4) is 0 Å². The summed E-state index contributed by atoms with van der Waals surface area (Å²) in [6.07, 6.45) is 5.25. The summed E-state index contributed by atoms with van der Waals surface area (Å²) in [5.41, 5.74) is 6.02. The second kappa shape index (κ2) is 7.41. The molecule has 1 amide bonds. The average molecular weight is 281 g/mol. The summed E-state index contributed by atoms with van der Waals surface area (Å²) in [6.45, 7) is 8.88. The standard InChI is InChI=1S/C16H31N3O/c1-12(2)10-19-7-6-13(11-19)9-18-16(20)8-14-4-3-5-15(14)17/h12-15H,3-11,17H2,1-2H3,(H,18,20)/t13?,14-,15+/m0/s1. The zero-order chi connectivity index (χ0) is 14.5. The van der Waals surface area contributed by atoms with E-state index in [2.05, 4.69) is 24.1 Å². The van der Waals surface area contributed by atoms with Crippen molar-refractivity contribution in [1.29, 1.82) is 0 Å². The third-order valence-electron chi connectivity index (χ3n) is 4.75. The molecule has 0 spiro atoms. The Morgan fingerprint density at radius 2 is 2.15 bits per heavy atom. The van der Waals surface area contributed by atoms with Gasteiger partial charge < -0.3 is 16.0 Å². The van der Waals surface area contributed by atoms with Crippen LogP contribution in [-0.4, -0.2) is 43.0 Å². The van der Waals surface area contributed by atoms with Crippen molar-refractivity contribution >= 4 is 5.91 Å². The number of carbonyl (C=O) groups excluding carboxylic acids is 1. The number of nitrogens with zero attached hydrogens (tertiary/aromatic N) is 1. The summed E-state index contributed by atoms with van der Waals surface area (Å²) in [5.74, 6) is 1.98. The van der Waals surface area contributed by atoms with Crippen molar-refractivity contribution in [2.45, 2.75) is 52.0 Å². The highest BCUT2D eigenvalue weighted by atomic mass is 16.1. The number of rotatable bonds is 6. The predicted molar refractivity (Wildman–Crippen MR) is 82.3 cm³/mol. The first-order valence-corrected chi connectivity index (χ1v) is 8.29. The Balaban J connectivity index is 1.62. The molecule has 0 aromatic carbocycles. The van der Waals surface area contributed by atoms with Crippen LogP contribution in [0.1, 0.15) is 46.0 Å². The summed E-state index contributed by atoms with van der Waals surface area (Å²) in [5, 5.41) is 3.12. The van der Waals surface area contributed by atoms with Crippen molar-refractivity contribution in [2.75, 3.05) is 26.2 Å². The fourth-order valence-corrected chi connectivity index (χ4v) is 3.65. The highest BCUT2D eigenvalue weighted by molar-refractivity contribution is 5.76. The minimum atomic E-state index is 0.203. The van der Waals surface area contributed by atoms with E-state index in [4.69, 9.17) is 5.73 Å². The molecule has 1 heterocycles. The highest BCUT2D eigenvalue weighted by Gasteiger charge is 2.27. The molecule has 2 fully saturated rings. The van der Waals surface area contributed by atoms with Crippen LogP contribution in [0.15, 0.2) is 0 Å². The van der Waals surface area contributed by atoms with Crippen LogP contribution in [0, 0.1) is 17.8 Å². The summed E-state index contributed by atoms with van der Waals surface area (Å²) in [7, 11) is 0. The number of hydrogen-bond donors (Lipinski definition) is 2. The molecule has 3 atom stereocenters. The lowest BCUT2D eigenvalue weighted by Gasteiger charge is -2.19. The van der Waals surface area contributed by atoms with E-state index in [1.165, 1.54) is 25.9 Å². The maximum absolute atomic E-state index is 12.0. The van der Waals surface area contributed by atoms with Gasteiger partial charge in [0.2, 0.25) is 5.91 Å². The predicted octanol–water partition coefficient (Wildman–Crippen LogP) is 1.60. The molecule has 2 rings (SSSR count). The van der Waals surface area contributed by atoms with Gasteiger partial charge in [0.05, 0.1) is 0 Å². The fraction of sp³-hybridized carbons (Fsp3) is 0.938. The summed E-state index contributed by atoms with van der Waals surface area (Å²) < 4.78 is 0. The molecule has 1 saturated heterocycles. The molecule has 0 radical (unpaired) electrons. The average Bonchev–Trinajstić information content (AvgIpc) is 2.97. The number of nitrogens with one attached hydrogen (secondary N) is 1. The van der Waals surface area contributed by atoms with Gasteiger partial charge in [-0.05, 0) is 43.6 Å². The number of carbonyl (C=O) groups is 1. The smallest absolute Gasteiger partial charge is 0.220 e. The molecule has 0 bridgehead atoms. The van der Waals surface area contributed by atoms with Gasteiger partial charge in [0, 0.05) is 32.1 Å². The lowest BCUT2D eigenvalue weighted by Crippen LogP contribution is -2.35. The molecule has 4 heteroatoms. The van der Waals surface area contributed by atoms with Crippen molar-refractivity contribution in [2.24, 2.45) is 23.5 Å². The molecule has 1 aliphatic carbocycles. The summed E-state index contributed by atoms with van der Waals surface area (Å²) in [4.78, 5) is 14.5. The number of hydrogen-bond acceptors (Lipinski definition) is 3. The van der Waals surface area contributed by atoms with Crippen molar-refractivity contribution in [3.05, 3.63) is 0 Å². The second-order valence-electron chi connectivity index (χ2n) is 7.17. The molecule has 4 nitrogen and oxygen atoms in total. The lowest BCUT2D eigenvalue weighted by molar-refractivity contribution is -0.122. The van der Waals surface area contributed by atoms with Crippen LogP contribution in [0.2, 0.25) is 0 Å². The maximum Gasteiger partial charge on any atom is 0.220 e. The van der Waals surface area contributed by atoms with E-state index < -0.39 is 0 Å². The van der Waals surface area contributed by atoms with Gasteiger partial charge in [0.15, 0.2) is 0 Å². The van der Waals surface area contributed by atoms with Crippen LogP contribution in [0.4, 0.5) is 0 Å². The van der Waals surface area contributed by atoms with E-state index in [-0.39, 0.29) is 11.9 Å². The first kappa shape index (κ1) is 15.8. The third kappa shape index (κ3) is 4.74. The Morgan fingerprint density at radius 1 is 1.35 bits per heavy atom. The Labute approximate surface area is 123 Å². The molecule has 1 unspecified atom stereocenters. The quantitative estimate of drug-likeness (QED) is 0.777. The minimum absolute atomic E-state index is 0.203. The van der Waals surface area contributed by atoms with Crippen LogP contribution in [-0.2, 0) is 4.79 Å². The van der Waals surface area contributed by atoms with E-state index in [0.717, 1.165) is 31.8 Å². The molecule has 3 N–H and O–H groups in total. The zero-order valence-corrected chi connectivity index (χ0v) is 13.1. The Hall–Kier alpha value is -0.610. The third-order valence-corrected chi connectivity index (χ3v) is 4.75. The minimum Gasteiger partial charge on any atom is -0.356 e. The molecular weight excluding hydrogens is 250 g/mol. The van der Waals surface area contributed by atoms with E-state index in [9.17, 15) is 4.79 Å². The molecule has 20 heavy (non-hydrogen) atoms. The van der Waals surface area contributed by atoms with Gasteiger partial charge in [0.1, 0.15) is 0 Å². The maximum atomic E-state index is 12.0. The topological polar surface area (TPSA) is 58.4 Å².